The highest BCUT2D eigenvalue weighted by atomic mass is 15.2. The Bertz CT molecular complexity index is 751. The number of nitrogens with two attached hydrogens (primary N) is 1. The van der Waals surface area contributed by atoms with E-state index in [0.717, 1.165) is 30.9 Å². The average molecular weight is 306 g/mol. The Kier molecular flexibility index (Phi) is 3.63. The van der Waals surface area contributed by atoms with E-state index in [1.165, 1.54) is 28.8 Å². The van der Waals surface area contributed by atoms with Gasteiger partial charge in [-0.05, 0) is 30.2 Å². The smallest absolute Gasteiger partial charge is 0.0564 e. The largest absolute Gasteiger partial charge is 0.357 e. The zero-order valence-corrected chi connectivity index (χ0v) is 13.4. The Morgan fingerprint density at radius 1 is 1.26 bits per heavy atom. The van der Waals surface area contributed by atoms with Crippen molar-refractivity contribution in [2.45, 2.75) is 19.4 Å². The number of nitrogens with one attached hydrogen (secondary N) is 1. The van der Waals surface area contributed by atoms with Crippen molar-refractivity contribution in [3.05, 3.63) is 59.6 Å². The van der Waals surface area contributed by atoms with Crippen LogP contribution in [0.2, 0.25) is 0 Å². The van der Waals surface area contributed by atoms with Crippen molar-refractivity contribution < 1.29 is 0 Å². The van der Waals surface area contributed by atoms with Crippen LogP contribution in [0.3, 0.4) is 0 Å². The lowest BCUT2D eigenvalue weighted by Crippen LogP contribution is -2.24. The van der Waals surface area contributed by atoms with Gasteiger partial charge < -0.3 is 11.1 Å². The van der Waals surface area contributed by atoms with Crippen LogP contribution < -0.4 is 11.1 Å². The number of hydrogen-bond donors (Lipinski definition) is 2. The van der Waals surface area contributed by atoms with E-state index in [2.05, 4.69) is 46.4 Å². The number of pyridine rings is 1. The highest BCUT2D eigenvalue weighted by Crippen LogP contribution is 2.42. The van der Waals surface area contributed by atoms with Gasteiger partial charge in [0.2, 0.25) is 0 Å². The fourth-order valence-corrected chi connectivity index (χ4v) is 3.67. The van der Waals surface area contributed by atoms with Crippen LogP contribution in [0.25, 0.3) is 11.1 Å². The van der Waals surface area contributed by atoms with E-state index in [-0.39, 0.29) is 6.04 Å². The summed E-state index contributed by atoms with van der Waals surface area (Å²) in [5, 5.41) is 3.67. The Labute approximate surface area is 137 Å². The van der Waals surface area contributed by atoms with Crippen molar-refractivity contribution >= 4 is 5.69 Å². The normalized spacial score (nSPS) is 20.2. The summed E-state index contributed by atoms with van der Waals surface area (Å²) in [7, 11) is 0. The molecular weight excluding hydrogens is 284 g/mol. The first-order chi connectivity index (χ1) is 11.3. The second-order valence-electron chi connectivity index (χ2n) is 6.33. The Morgan fingerprint density at radius 3 is 2.96 bits per heavy atom. The van der Waals surface area contributed by atoms with Crippen molar-refractivity contribution in [3.8, 4) is 11.1 Å². The molecule has 4 rings (SSSR count). The van der Waals surface area contributed by atoms with E-state index in [1.54, 1.807) is 6.20 Å². The maximum Gasteiger partial charge on any atom is 0.0564 e. The number of hydrogen-bond acceptors (Lipinski definition) is 4. The van der Waals surface area contributed by atoms with Crippen molar-refractivity contribution in [2.24, 2.45) is 5.73 Å². The molecule has 0 radical (unpaired) electrons. The summed E-state index contributed by atoms with van der Waals surface area (Å²) in [4.78, 5) is 6.72. The number of rotatable bonds is 3. The van der Waals surface area contributed by atoms with Crippen LogP contribution in [0, 0.1) is 0 Å². The van der Waals surface area contributed by atoms with Gasteiger partial charge in [-0.15, -0.1) is 0 Å². The molecule has 1 aromatic carbocycles. The van der Waals surface area contributed by atoms with Crippen molar-refractivity contribution in [1.82, 2.24) is 9.88 Å². The summed E-state index contributed by atoms with van der Waals surface area (Å²) in [5.74, 6) is 0. The van der Waals surface area contributed by atoms with Crippen LogP contribution in [0.5, 0.6) is 0 Å². The van der Waals surface area contributed by atoms with Crippen LogP contribution >= 0.6 is 0 Å². The molecule has 0 spiro atoms. The SMILES string of the molecule is CCCN1CC2=C(C1)C(N)c1cccc(-c3cccnc3)c1N2. The first kappa shape index (κ1) is 14.4. The van der Waals surface area contributed by atoms with Gasteiger partial charge in [0.25, 0.3) is 0 Å². The Balaban J connectivity index is 1.73. The number of anilines is 1. The molecule has 3 N–H and O–H groups in total. The van der Waals surface area contributed by atoms with Gasteiger partial charge in [-0.2, -0.15) is 0 Å². The van der Waals surface area contributed by atoms with Crippen LogP contribution in [0.1, 0.15) is 24.9 Å². The second kappa shape index (κ2) is 5.80. The Hall–Kier alpha value is -2.17. The molecule has 0 saturated heterocycles. The quantitative estimate of drug-likeness (QED) is 0.914. The molecule has 3 heterocycles. The summed E-state index contributed by atoms with van der Waals surface area (Å²) in [6.07, 6.45) is 4.88. The van der Waals surface area contributed by atoms with Gasteiger partial charge in [0.15, 0.2) is 0 Å². The molecule has 0 bridgehead atoms. The van der Waals surface area contributed by atoms with Crippen LogP contribution in [0.4, 0.5) is 5.69 Å². The van der Waals surface area contributed by atoms with Gasteiger partial charge in [-0.25, -0.2) is 0 Å². The molecule has 118 valence electrons. The fraction of sp³-hybridized carbons (Fsp3) is 0.316. The third kappa shape index (κ3) is 2.44. The molecule has 0 fully saturated rings. The molecule has 0 aliphatic carbocycles. The topological polar surface area (TPSA) is 54.2 Å². The zero-order chi connectivity index (χ0) is 15.8. The summed E-state index contributed by atoms with van der Waals surface area (Å²) in [5.41, 5.74) is 13.8. The van der Waals surface area contributed by atoms with Crippen molar-refractivity contribution in [3.63, 3.8) is 0 Å². The van der Waals surface area contributed by atoms with Crippen molar-refractivity contribution in [2.75, 3.05) is 25.0 Å². The van der Waals surface area contributed by atoms with Crippen LogP contribution in [-0.2, 0) is 0 Å². The lowest BCUT2D eigenvalue weighted by Gasteiger charge is -2.27. The molecule has 2 aromatic rings. The molecule has 1 unspecified atom stereocenters. The number of fused-ring (bicyclic) bond motifs is 1. The molecule has 23 heavy (non-hydrogen) atoms. The van der Waals surface area contributed by atoms with Gasteiger partial charge in [0.05, 0.1) is 11.7 Å². The zero-order valence-electron chi connectivity index (χ0n) is 13.4. The maximum atomic E-state index is 6.60. The molecule has 2 aliphatic rings. The van der Waals surface area contributed by atoms with Gasteiger partial charge >= 0.3 is 0 Å². The molecule has 2 aliphatic heterocycles. The Morgan fingerprint density at radius 2 is 2.17 bits per heavy atom. The van der Waals surface area contributed by atoms with Crippen LogP contribution in [0.15, 0.2) is 54.0 Å². The fourth-order valence-electron chi connectivity index (χ4n) is 3.67. The minimum absolute atomic E-state index is 0.0141. The highest BCUT2D eigenvalue weighted by molar-refractivity contribution is 5.83. The van der Waals surface area contributed by atoms with E-state index in [1.807, 2.05) is 12.3 Å². The summed E-state index contributed by atoms with van der Waals surface area (Å²) >= 11 is 0. The van der Waals surface area contributed by atoms with E-state index in [4.69, 9.17) is 5.73 Å². The van der Waals surface area contributed by atoms with E-state index < -0.39 is 0 Å². The van der Waals surface area contributed by atoms with Crippen LogP contribution in [-0.4, -0.2) is 29.5 Å². The first-order valence-corrected chi connectivity index (χ1v) is 8.28. The molecule has 1 atom stereocenters. The van der Waals surface area contributed by atoms with Gasteiger partial charge in [-0.3, -0.25) is 9.88 Å². The van der Waals surface area contributed by atoms with E-state index in [9.17, 15) is 0 Å². The lowest BCUT2D eigenvalue weighted by molar-refractivity contribution is 0.343. The summed E-state index contributed by atoms with van der Waals surface area (Å²) < 4.78 is 0. The second-order valence-corrected chi connectivity index (χ2v) is 6.33. The number of nitrogens with zero attached hydrogens (tertiary/aromatic N) is 2. The minimum atomic E-state index is -0.0141. The molecule has 4 nitrogen and oxygen atoms in total. The summed E-state index contributed by atoms with van der Waals surface area (Å²) in [6.45, 7) is 5.29. The van der Waals surface area contributed by atoms with Gasteiger partial charge in [-0.1, -0.05) is 31.2 Å². The molecular formula is C19H22N4. The van der Waals surface area contributed by atoms with E-state index >= 15 is 0 Å². The van der Waals surface area contributed by atoms with Crippen molar-refractivity contribution in [1.29, 1.82) is 0 Å². The molecule has 4 heteroatoms. The lowest BCUT2D eigenvalue weighted by atomic mass is 9.90. The molecule has 0 amide bonds. The minimum Gasteiger partial charge on any atom is -0.357 e. The van der Waals surface area contributed by atoms with E-state index in [0.29, 0.717) is 0 Å². The number of aromatic nitrogens is 1. The number of benzene rings is 1. The predicted octanol–water partition coefficient (Wildman–Crippen LogP) is 3.15. The standard InChI is InChI=1S/C19H22N4/c1-2-9-23-11-16-17(12-23)22-19-14(13-5-4-8-21-10-13)6-3-7-15(19)18(16)20/h3-8,10,18,22H,2,9,11-12,20H2,1H3. The van der Waals surface area contributed by atoms with Gasteiger partial charge in [0, 0.05) is 42.3 Å². The maximum absolute atomic E-state index is 6.60. The molecule has 0 saturated carbocycles. The number of para-hydroxylation sites is 1. The summed E-state index contributed by atoms with van der Waals surface area (Å²) in [6, 6.07) is 10.4. The first-order valence-electron chi connectivity index (χ1n) is 8.28. The predicted molar refractivity (Wildman–Crippen MR) is 94.0 cm³/mol. The third-order valence-electron chi connectivity index (χ3n) is 4.76. The third-order valence-corrected chi connectivity index (χ3v) is 4.76. The monoisotopic (exact) mass is 306 g/mol. The van der Waals surface area contributed by atoms with Gasteiger partial charge in [0.1, 0.15) is 0 Å². The molecule has 1 aromatic heterocycles. The average Bonchev–Trinajstić information content (AvgIpc) is 2.99. The highest BCUT2D eigenvalue weighted by Gasteiger charge is 2.32.